The molecule has 1 aromatic rings. The molecule has 0 saturated carbocycles. The summed E-state index contributed by atoms with van der Waals surface area (Å²) >= 11 is 0. The number of benzene rings is 1. The van der Waals surface area contributed by atoms with E-state index in [2.05, 4.69) is 4.36 Å². The lowest BCUT2D eigenvalue weighted by Crippen LogP contribution is -1.89. The van der Waals surface area contributed by atoms with Crippen LogP contribution in [0.5, 0.6) is 0 Å². The van der Waals surface area contributed by atoms with Gasteiger partial charge in [0.1, 0.15) is 0 Å². The fourth-order valence-corrected chi connectivity index (χ4v) is 1.46. The molecule has 2 N–H and O–H groups in total. The van der Waals surface area contributed by atoms with E-state index in [0.717, 1.165) is 0 Å². The average molecular weight is 184 g/mol. The second-order valence-corrected chi connectivity index (χ2v) is 5.41. The zero-order valence-corrected chi connectivity index (χ0v) is 7.97. The van der Waals surface area contributed by atoms with Crippen LogP contribution in [0.4, 0.5) is 11.4 Å². The van der Waals surface area contributed by atoms with Gasteiger partial charge in [-0.1, -0.05) is 6.07 Å². The number of anilines is 1. The lowest BCUT2D eigenvalue weighted by Gasteiger charge is -1.97. The largest absolute Gasteiger partial charge is 0.399 e. The highest BCUT2D eigenvalue weighted by Gasteiger charge is 1.93. The van der Waals surface area contributed by atoms with Gasteiger partial charge in [-0.15, -0.1) is 0 Å². The molecule has 3 nitrogen and oxygen atoms in total. The molecular weight excluding hydrogens is 172 g/mol. The molecule has 0 aliphatic heterocycles. The third-order valence-corrected chi connectivity index (χ3v) is 1.85. The van der Waals surface area contributed by atoms with Gasteiger partial charge >= 0.3 is 0 Å². The fraction of sp³-hybridized carbons (Fsp3) is 0.250. The summed E-state index contributed by atoms with van der Waals surface area (Å²) in [6.45, 7) is 0. The van der Waals surface area contributed by atoms with Crippen LogP contribution in [0.3, 0.4) is 0 Å². The van der Waals surface area contributed by atoms with Crippen LogP contribution < -0.4 is 5.73 Å². The van der Waals surface area contributed by atoms with E-state index in [1.54, 1.807) is 36.8 Å². The van der Waals surface area contributed by atoms with Crippen molar-refractivity contribution < 1.29 is 4.21 Å². The predicted molar refractivity (Wildman–Crippen MR) is 52.9 cm³/mol. The first-order valence-corrected chi connectivity index (χ1v) is 5.83. The van der Waals surface area contributed by atoms with Crippen LogP contribution in [0.2, 0.25) is 0 Å². The summed E-state index contributed by atoms with van der Waals surface area (Å²) < 4.78 is 15.3. The molecule has 0 bridgehead atoms. The van der Waals surface area contributed by atoms with E-state index >= 15 is 0 Å². The Hall–Kier alpha value is -1.03. The number of hydrogen-bond donors (Lipinski definition) is 1. The van der Waals surface area contributed by atoms with Crippen LogP contribution in [-0.4, -0.2) is 16.7 Å². The second kappa shape index (κ2) is 3.15. The summed E-state index contributed by atoms with van der Waals surface area (Å²) in [5, 5.41) is 0. The molecule has 1 rings (SSSR count). The van der Waals surface area contributed by atoms with E-state index in [9.17, 15) is 4.21 Å². The molecule has 0 heterocycles. The maximum Gasteiger partial charge on any atom is 0.0750 e. The second-order valence-electron chi connectivity index (χ2n) is 2.87. The van der Waals surface area contributed by atoms with E-state index in [4.69, 9.17) is 5.73 Å². The molecule has 0 spiro atoms. The first kappa shape index (κ1) is 9.06. The minimum absolute atomic E-state index is 0.639. The van der Waals surface area contributed by atoms with Gasteiger partial charge in [-0.05, 0) is 18.2 Å². The smallest absolute Gasteiger partial charge is 0.0750 e. The Morgan fingerprint density at radius 3 is 2.58 bits per heavy atom. The summed E-state index contributed by atoms with van der Waals surface area (Å²) in [7, 11) is -2.07. The van der Waals surface area contributed by atoms with Crippen molar-refractivity contribution in [1.82, 2.24) is 0 Å². The highest BCUT2D eigenvalue weighted by atomic mass is 32.2. The lowest BCUT2D eigenvalue weighted by molar-refractivity contribution is 0.684. The Morgan fingerprint density at radius 1 is 1.42 bits per heavy atom. The first-order valence-electron chi connectivity index (χ1n) is 3.50. The zero-order valence-electron chi connectivity index (χ0n) is 7.15. The molecule has 0 fully saturated rings. The topological polar surface area (TPSA) is 55.5 Å². The van der Waals surface area contributed by atoms with Crippen LogP contribution in [0.1, 0.15) is 0 Å². The summed E-state index contributed by atoms with van der Waals surface area (Å²) in [4.78, 5) is 0. The maximum absolute atomic E-state index is 11.3. The molecule has 0 aliphatic rings. The third-order valence-electron chi connectivity index (χ3n) is 1.20. The number of rotatable bonds is 1. The number of nitrogens with zero attached hydrogens (tertiary/aromatic N) is 1. The van der Waals surface area contributed by atoms with E-state index < -0.39 is 9.73 Å². The van der Waals surface area contributed by atoms with Gasteiger partial charge in [0, 0.05) is 27.9 Å². The Morgan fingerprint density at radius 2 is 2.08 bits per heavy atom. The van der Waals surface area contributed by atoms with Crippen LogP contribution in [0.15, 0.2) is 28.6 Å². The molecule has 66 valence electrons. The van der Waals surface area contributed by atoms with Crippen molar-refractivity contribution in [2.75, 3.05) is 18.2 Å². The van der Waals surface area contributed by atoms with E-state index in [0.29, 0.717) is 11.4 Å². The highest BCUT2D eigenvalue weighted by molar-refractivity contribution is 7.92. The maximum atomic E-state index is 11.3. The molecule has 0 amide bonds. The van der Waals surface area contributed by atoms with Crippen LogP contribution >= 0.6 is 0 Å². The first-order chi connectivity index (χ1) is 5.47. The molecule has 0 unspecified atom stereocenters. The minimum Gasteiger partial charge on any atom is -0.399 e. The molecule has 1 aromatic carbocycles. The van der Waals surface area contributed by atoms with Crippen molar-refractivity contribution >= 4 is 21.1 Å². The summed E-state index contributed by atoms with van der Waals surface area (Å²) in [5.74, 6) is 0. The SMILES string of the molecule is CS(C)(=O)=Nc1cccc(N)c1. The van der Waals surface area contributed by atoms with Gasteiger partial charge in [-0.25, -0.2) is 4.21 Å². The van der Waals surface area contributed by atoms with Gasteiger partial charge in [0.2, 0.25) is 0 Å². The van der Waals surface area contributed by atoms with Gasteiger partial charge < -0.3 is 5.73 Å². The standard InChI is InChI=1S/C8H12N2OS/c1-12(2,11)10-8-5-3-4-7(9)6-8/h3-6H,9H2,1-2H3. The Balaban J connectivity index is 3.15. The van der Waals surface area contributed by atoms with Crippen LogP contribution in [-0.2, 0) is 9.73 Å². The molecule has 0 atom stereocenters. The molecule has 0 saturated heterocycles. The molecule has 4 heteroatoms. The Kier molecular flexibility index (Phi) is 2.38. The van der Waals surface area contributed by atoms with Crippen molar-refractivity contribution in [2.45, 2.75) is 0 Å². The molecule has 0 aromatic heterocycles. The van der Waals surface area contributed by atoms with Gasteiger partial charge in [-0.3, -0.25) is 0 Å². The van der Waals surface area contributed by atoms with E-state index in [1.807, 2.05) is 0 Å². The Labute approximate surface area is 72.8 Å². The average Bonchev–Trinajstić information content (AvgIpc) is 1.82. The zero-order chi connectivity index (χ0) is 9.19. The van der Waals surface area contributed by atoms with Gasteiger partial charge in [0.25, 0.3) is 0 Å². The lowest BCUT2D eigenvalue weighted by atomic mass is 10.3. The summed E-state index contributed by atoms with van der Waals surface area (Å²) in [6.07, 6.45) is 3.19. The van der Waals surface area contributed by atoms with Gasteiger partial charge in [-0.2, -0.15) is 4.36 Å². The normalized spacial score (nSPS) is 11.2. The molecule has 0 radical (unpaired) electrons. The van der Waals surface area contributed by atoms with E-state index in [-0.39, 0.29) is 0 Å². The molecule has 0 aliphatic carbocycles. The monoisotopic (exact) mass is 184 g/mol. The quantitative estimate of drug-likeness (QED) is 0.674. The number of nitrogen functional groups attached to an aromatic ring is 1. The third kappa shape index (κ3) is 2.92. The van der Waals surface area contributed by atoms with Gasteiger partial charge in [0.05, 0.1) is 5.69 Å². The van der Waals surface area contributed by atoms with E-state index in [1.165, 1.54) is 0 Å². The van der Waals surface area contributed by atoms with Gasteiger partial charge in [0.15, 0.2) is 0 Å². The van der Waals surface area contributed by atoms with Crippen molar-refractivity contribution in [1.29, 1.82) is 0 Å². The summed E-state index contributed by atoms with van der Waals surface area (Å²) in [5.41, 5.74) is 6.83. The van der Waals surface area contributed by atoms with Crippen molar-refractivity contribution in [3.05, 3.63) is 24.3 Å². The molecule has 12 heavy (non-hydrogen) atoms. The van der Waals surface area contributed by atoms with Crippen molar-refractivity contribution in [3.63, 3.8) is 0 Å². The van der Waals surface area contributed by atoms with Crippen molar-refractivity contribution in [2.24, 2.45) is 4.36 Å². The highest BCUT2D eigenvalue weighted by Crippen LogP contribution is 2.16. The number of nitrogens with two attached hydrogens (primary N) is 1. The summed E-state index contributed by atoms with van der Waals surface area (Å²) in [6, 6.07) is 7.04. The fourth-order valence-electron chi connectivity index (χ4n) is 0.835. The van der Waals surface area contributed by atoms with Crippen LogP contribution in [0.25, 0.3) is 0 Å². The van der Waals surface area contributed by atoms with Crippen LogP contribution in [0, 0.1) is 0 Å². The van der Waals surface area contributed by atoms with Crippen molar-refractivity contribution in [3.8, 4) is 0 Å². The Bertz CT molecular complexity index is 384. The predicted octanol–water partition coefficient (Wildman–Crippen LogP) is 1.63. The number of hydrogen-bond acceptors (Lipinski definition) is 3. The molecular formula is C8H12N2OS. The minimum atomic E-state index is -2.07.